The standard InChI is InChI=1S/C25H19FN10O/c26-17-6-9-35-20(17)24(37)36(15-4-2-1-3-5-15)22(33-35)18-7-8-34(18)23-19-16(12-28-21(19)31-13-32-23)14-10-29-25(27)30-11-14/h1-6,9-13,18H,7-8H2,(H2,27,29,30)(H,28,31,32)/t18-/m0/s1. The van der Waals surface area contributed by atoms with Crippen LogP contribution in [0.3, 0.4) is 0 Å². The van der Waals surface area contributed by atoms with Gasteiger partial charge in [0, 0.05) is 42.5 Å². The van der Waals surface area contributed by atoms with Gasteiger partial charge in [-0.05, 0) is 24.6 Å². The maximum absolute atomic E-state index is 14.5. The van der Waals surface area contributed by atoms with Gasteiger partial charge in [-0.25, -0.2) is 28.8 Å². The van der Waals surface area contributed by atoms with Crippen LogP contribution in [0.5, 0.6) is 0 Å². The first kappa shape index (κ1) is 21.2. The average Bonchev–Trinajstić information content (AvgIpc) is 3.49. The fraction of sp³-hybridized carbons (Fsp3) is 0.120. The molecule has 3 N–H and O–H groups in total. The molecule has 0 bridgehead atoms. The van der Waals surface area contributed by atoms with Crippen molar-refractivity contribution in [1.29, 1.82) is 0 Å². The third-order valence-corrected chi connectivity index (χ3v) is 6.70. The molecule has 1 aliphatic rings. The first-order chi connectivity index (χ1) is 18.1. The molecule has 6 aromatic rings. The van der Waals surface area contributed by atoms with Crippen molar-refractivity contribution in [2.24, 2.45) is 0 Å². The van der Waals surface area contributed by atoms with Crippen molar-refractivity contribution in [3.63, 3.8) is 0 Å². The number of anilines is 2. The van der Waals surface area contributed by atoms with E-state index >= 15 is 0 Å². The molecule has 0 radical (unpaired) electrons. The molecule has 6 heterocycles. The number of hydrogen-bond donors (Lipinski definition) is 2. The van der Waals surface area contributed by atoms with Crippen LogP contribution in [0.4, 0.5) is 16.2 Å². The Bertz CT molecular complexity index is 1840. The normalized spacial score (nSPS) is 15.4. The molecule has 1 aromatic carbocycles. The number of H-pyrrole nitrogens is 1. The van der Waals surface area contributed by atoms with Gasteiger partial charge >= 0.3 is 0 Å². The maximum atomic E-state index is 14.5. The Balaban J connectivity index is 1.41. The molecular weight excluding hydrogens is 475 g/mol. The molecular formula is C25H19FN10O. The Morgan fingerprint density at radius 1 is 1.05 bits per heavy atom. The highest BCUT2D eigenvalue weighted by Crippen LogP contribution is 2.41. The second-order valence-electron chi connectivity index (χ2n) is 8.74. The lowest BCUT2D eigenvalue weighted by Gasteiger charge is -2.42. The molecule has 5 aromatic heterocycles. The number of benzene rings is 1. The van der Waals surface area contributed by atoms with Gasteiger partial charge < -0.3 is 15.6 Å². The smallest absolute Gasteiger partial charge is 0.285 e. The summed E-state index contributed by atoms with van der Waals surface area (Å²) in [6.45, 7) is 0.683. The molecule has 0 unspecified atom stereocenters. The molecule has 0 saturated carbocycles. The minimum absolute atomic E-state index is 0.0980. The van der Waals surface area contributed by atoms with Crippen molar-refractivity contribution < 1.29 is 4.39 Å². The van der Waals surface area contributed by atoms with Crippen LogP contribution in [0.15, 0.2) is 72.3 Å². The Kier molecular flexibility index (Phi) is 4.55. The van der Waals surface area contributed by atoms with Crippen LogP contribution in [-0.4, -0.2) is 45.6 Å². The van der Waals surface area contributed by atoms with Gasteiger partial charge in [-0.15, -0.1) is 0 Å². The first-order valence-corrected chi connectivity index (χ1v) is 11.6. The number of aromatic amines is 1. The Morgan fingerprint density at radius 3 is 2.62 bits per heavy atom. The highest BCUT2D eigenvalue weighted by Gasteiger charge is 2.37. The summed E-state index contributed by atoms with van der Waals surface area (Å²) in [5.41, 5.74) is 7.96. The Labute approximate surface area is 208 Å². The number of nitrogen functional groups attached to an aromatic ring is 1. The maximum Gasteiger partial charge on any atom is 0.285 e. The van der Waals surface area contributed by atoms with Crippen molar-refractivity contribution in [2.45, 2.75) is 12.5 Å². The van der Waals surface area contributed by atoms with E-state index in [1.165, 1.54) is 27.7 Å². The van der Waals surface area contributed by atoms with Crippen LogP contribution >= 0.6 is 0 Å². The predicted molar refractivity (Wildman–Crippen MR) is 135 cm³/mol. The van der Waals surface area contributed by atoms with Gasteiger partial charge in [0.2, 0.25) is 5.95 Å². The molecule has 182 valence electrons. The van der Waals surface area contributed by atoms with E-state index in [9.17, 15) is 9.18 Å². The summed E-state index contributed by atoms with van der Waals surface area (Å²) < 4.78 is 17.3. The summed E-state index contributed by atoms with van der Waals surface area (Å²) in [5.74, 6) is 0.747. The molecule has 1 atom stereocenters. The molecule has 0 spiro atoms. The van der Waals surface area contributed by atoms with Crippen LogP contribution < -0.4 is 16.2 Å². The number of fused-ring (bicyclic) bond motifs is 2. The van der Waals surface area contributed by atoms with Gasteiger partial charge in [-0.2, -0.15) is 5.10 Å². The Hall–Kier alpha value is -5.13. The molecule has 0 amide bonds. The largest absolute Gasteiger partial charge is 0.368 e. The predicted octanol–water partition coefficient (Wildman–Crippen LogP) is 2.89. The fourth-order valence-corrected chi connectivity index (χ4v) is 4.87. The van der Waals surface area contributed by atoms with Crippen LogP contribution in [-0.2, 0) is 0 Å². The topological polar surface area (TPSA) is 136 Å². The zero-order valence-electron chi connectivity index (χ0n) is 19.3. The third-order valence-electron chi connectivity index (χ3n) is 6.70. The van der Waals surface area contributed by atoms with Crippen LogP contribution in [0.2, 0.25) is 0 Å². The average molecular weight is 494 g/mol. The number of nitrogens with zero attached hydrogens (tertiary/aromatic N) is 8. The molecule has 1 aliphatic heterocycles. The van der Waals surface area contributed by atoms with Gasteiger partial charge in [0.05, 0.1) is 17.1 Å². The SMILES string of the molecule is Nc1ncc(-c2c[nH]c3ncnc(N4CC[C@H]4c4nn5ccc(F)c5c(=O)n4-c4ccccc4)c23)cn1. The zero-order chi connectivity index (χ0) is 25.1. The molecule has 11 nitrogen and oxygen atoms in total. The Morgan fingerprint density at radius 2 is 1.86 bits per heavy atom. The number of aromatic nitrogens is 8. The number of halogens is 1. The highest BCUT2D eigenvalue weighted by molar-refractivity contribution is 6.01. The van der Waals surface area contributed by atoms with Crippen LogP contribution in [0.25, 0.3) is 33.4 Å². The van der Waals surface area contributed by atoms with Crippen LogP contribution in [0.1, 0.15) is 18.3 Å². The lowest BCUT2D eigenvalue weighted by Crippen LogP contribution is -2.45. The molecule has 7 rings (SSSR count). The van der Waals surface area contributed by atoms with Gasteiger partial charge in [0.25, 0.3) is 5.56 Å². The monoisotopic (exact) mass is 494 g/mol. The van der Waals surface area contributed by atoms with E-state index in [-0.39, 0.29) is 17.5 Å². The van der Waals surface area contributed by atoms with E-state index in [1.807, 2.05) is 24.4 Å². The summed E-state index contributed by atoms with van der Waals surface area (Å²) in [6.07, 6.45) is 8.82. The van der Waals surface area contributed by atoms with Crippen molar-refractivity contribution in [3.05, 3.63) is 89.5 Å². The number of nitrogens with one attached hydrogen (secondary N) is 1. The summed E-state index contributed by atoms with van der Waals surface area (Å²) >= 11 is 0. The van der Waals surface area contributed by atoms with Gasteiger partial charge in [-0.3, -0.25) is 9.36 Å². The van der Waals surface area contributed by atoms with Gasteiger partial charge in [-0.1, -0.05) is 18.2 Å². The summed E-state index contributed by atoms with van der Waals surface area (Å²) in [6, 6.07) is 10.1. The summed E-state index contributed by atoms with van der Waals surface area (Å²) in [7, 11) is 0. The minimum Gasteiger partial charge on any atom is -0.368 e. The van der Waals surface area contributed by atoms with Gasteiger partial charge in [0.1, 0.15) is 17.8 Å². The van der Waals surface area contributed by atoms with Crippen molar-refractivity contribution in [1.82, 2.24) is 39.1 Å². The molecule has 0 aliphatic carbocycles. The van der Waals surface area contributed by atoms with E-state index in [4.69, 9.17) is 10.8 Å². The molecule has 1 saturated heterocycles. The van der Waals surface area contributed by atoms with E-state index in [2.05, 4.69) is 29.8 Å². The second kappa shape index (κ2) is 7.95. The summed E-state index contributed by atoms with van der Waals surface area (Å²) in [4.78, 5) is 36.1. The van der Waals surface area contributed by atoms with Crippen molar-refractivity contribution >= 4 is 28.3 Å². The fourth-order valence-electron chi connectivity index (χ4n) is 4.87. The quantitative estimate of drug-likeness (QED) is 0.382. The van der Waals surface area contributed by atoms with Crippen LogP contribution in [0, 0.1) is 5.82 Å². The van der Waals surface area contributed by atoms with E-state index in [1.54, 1.807) is 24.5 Å². The molecule has 1 fully saturated rings. The van der Waals surface area contributed by atoms with E-state index in [0.29, 0.717) is 29.5 Å². The van der Waals surface area contributed by atoms with Crippen molar-refractivity contribution in [3.8, 4) is 16.8 Å². The molecule has 12 heteroatoms. The van der Waals surface area contributed by atoms with E-state index in [0.717, 1.165) is 22.9 Å². The lowest BCUT2D eigenvalue weighted by molar-refractivity contribution is 0.424. The number of hydrogen-bond acceptors (Lipinski definition) is 8. The zero-order valence-corrected chi connectivity index (χ0v) is 19.3. The van der Waals surface area contributed by atoms with E-state index < -0.39 is 11.4 Å². The number of para-hydroxylation sites is 1. The van der Waals surface area contributed by atoms with Gasteiger partial charge in [0.15, 0.2) is 17.2 Å². The second-order valence-corrected chi connectivity index (χ2v) is 8.74. The minimum atomic E-state index is -0.612. The number of rotatable bonds is 4. The van der Waals surface area contributed by atoms with Crippen molar-refractivity contribution in [2.75, 3.05) is 17.2 Å². The summed E-state index contributed by atoms with van der Waals surface area (Å²) in [5, 5.41) is 5.50. The highest BCUT2D eigenvalue weighted by atomic mass is 19.1. The third kappa shape index (κ3) is 3.19. The first-order valence-electron chi connectivity index (χ1n) is 11.6. The molecule has 37 heavy (non-hydrogen) atoms. The number of nitrogens with two attached hydrogens (primary N) is 1. The lowest BCUT2D eigenvalue weighted by atomic mass is 10.00.